The molecule has 1 amide bonds. The molecule has 1 aliphatic heterocycles. The lowest BCUT2D eigenvalue weighted by Gasteiger charge is -2.36. The second kappa shape index (κ2) is 8.28. The van der Waals surface area contributed by atoms with Crippen molar-refractivity contribution in [1.29, 1.82) is 0 Å². The number of rotatable bonds is 6. The van der Waals surface area contributed by atoms with E-state index in [1.807, 2.05) is 30.3 Å². The summed E-state index contributed by atoms with van der Waals surface area (Å²) in [6.07, 6.45) is 3.01. The zero-order valence-corrected chi connectivity index (χ0v) is 15.6. The molecule has 140 valence electrons. The maximum absolute atomic E-state index is 13.4. The number of carboxylic acids is 1. The van der Waals surface area contributed by atoms with Gasteiger partial charge in [0.05, 0.1) is 18.4 Å². The molecule has 1 unspecified atom stereocenters. The van der Waals surface area contributed by atoms with Crippen molar-refractivity contribution in [2.75, 3.05) is 17.8 Å². The first-order valence-corrected chi connectivity index (χ1v) is 9.03. The number of carbonyl (C=O) groups excluding carboxylic acids is 1. The molecule has 0 saturated heterocycles. The lowest BCUT2D eigenvalue weighted by atomic mass is 10.0. The molecule has 0 bridgehead atoms. The van der Waals surface area contributed by atoms with E-state index in [4.69, 9.17) is 4.74 Å². The molecule has 0 fully saturated rings. The van der Waals surface area contributed by atoms with Crippen molar-refractivity contribution in [1.82, 2.24) is 5.32 Å². The van der Waals surface area contributed by atoms with Crippen LogP contribution >= 0.6 is 12.6 Å². The Balaban J connectivity index is 2.04. The van der Waals surface area contributed by atoms with Crippen molar-refractivity contribution in [3.63, 3.8) is 0 Å². The first-order chi connectivity index (χ1) is 13.1. The van der Waals surface area contributed by atoms with Gasteiger partial charge in [0.15, 0.2) is 0 Å². The highest BCUT2D eigenvalue weighted by molar-refractivity contribution is 7.80. The number of benzene rings is 2. The van der Waals surface area contributed by atoms with E-state index in [0.717, 1.165) is 5.56 Å². The Bertz CT molecular complexity index is 884. The zero-order valence-electron chi connectivity index (χ0n) is 14.7. The van der Waals surface area contributed by atoms with Gasteiger partial charge < -0.3 is 9.84 Å². The molecule has 2 atom stereocenters. The number of thiol groups is 1. The van der Waals surface area contributed by atoms with E-state index in [-0.39, 0.29) is 11.7 Å². The van der Waals surface area contributed by atoms with Gasteiger partial charge in [0.1, 0.15) is 18.0 Å². The summed E-state index contributed by atoms with van der Waals surface area (Å²) in [6, 6.07) is 13.5. The van der Waals surface area contributed by atoms with Gasteiger partial charge in [-0.3, -0.25) is 19.8 Å². The number of hydrogen-bond acceptors (Lipinski definition) is 5. The molecule has 0 aliphatic carbocycles. The van der Waals surface area contributed by atoms with Gasteiger partial charge in [-0.25, -0.2) is 0 Å². The lowest BCUT2D eigenvalue weighted by Crippen LogP contribution is -2.55. The summed E-state index contributed by atoms with van der Waals surface area (Å²) >= 11 is 4.10. The summed E-state index contributed by atoms with van der Waals surface area (Å²) in [6.45, 7) is 0. The second-order valence-electron chi connectivity index (χ2n) is 5.98. The van der Waals surface area contributed by atoms with E-state index in [2.05, 4.69) is 17.9 Å². The molecule has 1 aliphatic rings. The van der Waals surface area contributed by atoms with Crippen LogP contribution < -0.4 is 15.0 Å². The summed E-state index contributed by atoms with van der Waals surface area (Å²) in [7, 11) is 1.51. The maximum Gasteiger partial charge on any atom is 0.321 e. The molecule has 2 N–H and O–H groups in total. The molecule has 0 spiro atoms. The quantitative estimate of drug-likeness (QED) is 0.668. The van der Waals surface area contributed by atoms with Crippen molar-refractivity contribution >= 4 is 36.3 Å². The zero-order chi connectivity index (χ0) is 19.4. The number of methoxy groups -OCH3 is 1. The predicted molar refractivity (Wildman–Crippen MR) is 107 cm³/mol. The maximum atomic E-state index is 13.4. The summed E-state index contributed by atoms with van der Waals surface area (Å²) in [5, 5.41) is 12.4. The molecule has 0 radical (unpaired) electrons. The Morgan fingerprint density at radius 1 is 1.22 bits per heavy atom. The van der Waals surface area contributed by atoms with Crippen LogP contribution in [0.5, 0.6) is 5.75 Å². The Morgan fingerprint density at radius 3 is 2.63 bits per heavy atom. The molecule has 2 aromatic rings. The van der Waals surface area contributed by atoms with Crippen LogP contribution in [0.2, 0.25) is 0 Å². The van der Waals surface area contributed by atoms with E-state index in [0.29, 0.717) is 17.0 Å². The van der Waals surface area contributed by atoms with Crippen LogP contribution in [0.25, 0.3) is 6.08 Å². The van der Waals surface area contributed by atoms with Crippen molar-refractivity contribution < 1.29 is 19.4 Å². The van der Waals surface area contributed by atoms with Gasteiger partial charge in [-0.1, -0.05) is 36.4 Å². The lowest BCUT2D eigenvalue weighted by molar-refractivity contribution is -0.138. The number of nitrogens with zero attached hydrogens (tertiary/aromatic N) is 1. The Kier molecular flexibility index (Phi) is 5.83. The number of carboxylic acid groups (broad SMARTS) is 1. The van der Waals surface area contributed by atoms with E-state index >= 15 is 0 Å². The van der Waals surface area contributed by atoms with E-state index in [1.165, 1.54) is 7.11 Å². The van der Waals surface area contributed by atoms with Gasteiger partial charge in [0.2, 0.25) is 0 Å². The van der Waals surface area contributed by atoms with Gasteiger partial charge in [-0.15, -0.1) is 0 Å². The third kappa shape index (κ3) is 3.84. The largest absolute Gasteiger partial charge is 0.496 e. The normalized spacial score (nSPS) is 16.5. The number of para-hydroxylation sites is 2. The second-order valence-corrected chi connectivity index (χ2v) is 6.34. The third-order valence-corrected chi connectivity index (χ3v) is 4.71. The first-order valence-electron chi connectivity index (χ1n) is 8.40. The smallest absolute Gasteiger partial charge is 0.321 e. The fraction of sp³-hybridized carbons (Fsp3) is 0.200. The Hall–Kier alpha value is -2.77. The molecule has 6 nitrogen and oxygen atoms in total. The monoisotopic (exact) mass is 384 g/mol. The SMILES string of the molecule is COc1ccccc1C(=O)N1c2ccccc2C=C[C@H]1NC(CS)C(=O)O. The third-order valence-electron chi connectivity index (χ3n) is 4.34. The van der Waals surface area contributed by atoms with Crippen LogP contribution in [-0.4, -0.2) is 42.1 Å². The molecule has 3 rings (SSSR count). The molecule has 0 saturated carbocycles. The highest BCUT2D eigenvalue weighted by atomic mass is 32.1. The minimum atomic E-state index is -1.03. The summed E-state index contributed by atoms with van der Waals surface area (Å²) in [5.41, 5.74) is 1.96. The highest BCUT2D eigenvalue weighted by Gasteiger charge is 2.32. The number of nitrogens with one attached hydrogen (secondary N) is 1. The number of anilines is 1. The van der Waals surface area contributed by atoms with Crippen LogP contribution in [0.4, 0.5) is 5.69 Å². The fourth-order valence-corrected chi connectivity index (χ4v) is 3.27. The van der Waals surface area contributed by atoms with Crippen molar-refractivity contribution in [3.8, 4) is 5.75 Å². The number of amides is 1. The van der Waals surface area contributed by atoms with Gasteiger partial charge in [0.25, 0.3) is 5.91 Å². The molecule has 7 heteroatoms. The van der Waals surface area contributed by atoms with Crippen LogP contribution in [0, 0.1) is 0 Å². The van der Waals surface area contributed by atoms with E-state index < -0.39 is 18.2 Å². The predicted octanol–water partition coefficient (Wildman–Crippen LogP) is 2.67. The standard InChI is InChI=1S/C20H20N2O4S/c1-26-17-9-5-3-7-14(17)19(23)22-16-8-4-2-6-13(16)10-11-18(22)21-15(12-27)20(24)25/h2-11,15,18,21,27H,12H2,1H3,(H,24,25)/t15?,18-/m0/s1. The average molecular weight is 384 g/mol. The molecule has 0 aromatic heterocycles. The number of ether oxygens (including phenoxy) is 1. The van der Waals surface area contributed by atoms with Gasteiger partial charge in [-0.2, -0.15) is 12.6 Å². The molecule has 1 heterocycles. The van der Waals surface area contributed by atoms with Crippen molar-refractivity contribution in [3.05, 3.63) is 65.7 Å². The van der Waals surface area contributed by atoms with Crippen LogP contribution in [0.1, 0.15) is 15.9 Å². The summed E-state index contributed by atoms with van der Waals surface area (Å²) in [5.74, 6) is -0.762. The summed E-state index contributed by atoms with van der Waals surface area (Å²) in [4.78, 5) is 26.4. The molecule has 2 aromatic carbocycles. The topological polar surface area (TPSA) is 78.9 Å². The van der Waals surface area contributed by atoms with Gasteiger partial charge in [0, 0.05) is 5.75 Å². The van der Waals surface area contributed by atoms with Crippen LogP contribution in [0.15, 0.2) is 54.6 Å². The van der Waals surface area contributed by atoms with Gasteiger partial charge >= 0.3 is 5.97 Å². The van der Waals surface area contributed by atoms with Gasteiger partial charge in [-0.05, 0) is 29.8 Å². The van der Waals surface area contributed by atoms with Crippen LogP contribution in [0.3, 0.4) is 0 Å². The number of fused-ring (bicyclic) bond motifs is 1. The highest BCUT2D eigenvalue weighted by Crippen LogP contribution is 2.31. The minimum absolute atomic E-state index is 0.0952. The minimum Gasteiger partial charge on any atom is -0.496 e. The van der Waals surface area contributed by atoms with E-state index in [9.17, 15) is 14.7 Å². The van der Waals surface area contributed by atoms with Crippen molar-refractivity contribution in [2.45, 2.75) is 12.2 Å². The van der Waals surface area contributed by atoms with Crippen LogP contribution in [-0.2, 0) is 4.79 Å². The molecular weight excluding hydrogens is 364 g/mol. The first kappa shape index (κ1) is 19.0. The Labute approximate surface area is 162 Å². The number of aliphatic carboxylic acids is 1. The molecular formula is C20H20N2O4S. The number of hydrogen-bond donors (Lipinski definition) is 3. The van der Waals surface area contributed by atoms with Crippen molar-refractivity contribution in [2.24, 2.45) is 0 Å². The Morgan fingerprint density at radius 2 is 1.93 bits per heavy atom. The fourth-order valence-electron chi connectivity index (χ4n) is 3.00. The van der Waals surface area contributed by atoms with E-state index in [1.54, 1.807) is 35.2 Å². The average Bonchev–Trinajstić information content (AvgIpc) is 2.70. The molecule has 27 heavy (non-hydrogen) atoms. The number of carbonyl (C=O) groups is 2. The summed E-state index contributed by atoms with van der Waals surface area (Å²) < 4.78 is 5.33.